The van der Waals surface area contributed by atoms with E-state index in [1.165, 1.54) is 27.2 Å². The molecule has 1 heterocycles. The number of rotatable bonds is 5. The van der Waals surface area contributed by atoms with E-state index in [1.54, 1.807) is 24.3 Å². The number of phenols is 3. The molecule has 3 aromatic rings. The fourth-order valence-electron chi connectivity index (χ4n) is 8.01. The molecule has 1 aliphatic heterocycles. The summed E-state index contributed by atoms with van der Waals surface area (Å²) in [6.07, 6.45) is 0. The number of anilines is 1. The Balaban J connectivity index is 1.64. The number of aliphatic carboxylic acids is 1. The van der Waals surface area contributed by atoms with Crippen LogP contribution in [0, 0.1) is 5.92 Å². The average molecular weight is 646 g/mol. The van der Waals surface area contributed by atoms with E-state index >= 15 is 0 Å². The molecule has 0 radical (unpaired) electrons. The lowest BCUT2D eigenvalue weighted by Gasteiger charge is -2.65. The molecule has 12 nitrogen and oxygen atoms in total. The Morgan fingerprint density at radius 3 is 2.09 bits per heavy atom. The van der Waals surface area contributed by atoms with Crippen molar-refractivity contribution in [3.63, 3.8) is 0 Å². The minimum absolute atomic E-state index is 0.00770. The zero-order valence-electron chi connectivity index (χ0n) is 24.6. The highest BCUT2D eigenvalue weighted by atomic mass is 32.2. The highest BCUT2D eigenvalue weighted by molar-refractivity contribution is 8.01. The van der Waals surface area contributed by atoms with Gasteiger partial charge in [-0.3, -0.25) is 14.4 Å². The van der Waals surface area contributed by atoms with Crippen molar-refractivity contribution in [1.82, 2.24) is 0 Å². The Labute approximate surface area is 265 Å². The van der Waals surface area contributed by atoms with Crippen LogP contribution in [0.15, 0.2) is 53.8 Å². The fourth-order valence-corrected chi connectivity index (χ4v) is 9.72. The third-order valence-corrected chi connectivity index (χ3v) is 11.5. The molecule has 7 rings (SSSR count). The quantitative estimate of drug-likeness (QED) is 0.137. The van der Waals surface area contributed by atoms with E-state index in [9.17, 15) is 44.7 Å². The number of aromatic hydroxyl groups is 3. The van der Waals surface area contributed by atoms with Gasteiger partial charge in [-0.1, -0.05) is 31.2 Å². The maximum Gasteiger partial charge on any atom is 0.335 e. The largest absolute Gasteiger partial charge is 0.507 e. The van der Waals surface area contributed by atoms with Crippen LogP contribution in [-0.4, -0.2) is 74.6 Å². The molecule has 46 heavy (non-hydrogen) atoms. The number of carbonyl (C=O) groups is 4. The van der Waals surface area contributed by atoms with Crippen molar-refractivity contribution in [3.8, 4) is 17.2 Å². The molecule has 0 unspecified atom stereocenters. The highest BCUT2D eigenvalue weighted by Crippen LogP contribution is 2.74. The lowest BCUT2D eigenvalue weighted by atomic mass is 9.50. The number of hydrogen-bond acceptors (Lipinski definition) is 12. The number of esters is 1. The standard InChI is InChI=1S/C33H27NO11S/c1-12-20(31(41)42)29(45-3)25-13-6-4-5-7-14(13)30-32(12,43)33(25,46-11-19(38)44-2)15-10-18(37)23-24(26(15)34-30)28(40)22-17(36)9-8-16(35)21(22)27(23)39/h4-10,12,25,30,34-37,43H,11H2,1-3H3,(H,41,42)/t12-,25-,30-,32+,33-/m0/s1. The average Bonchev–Trinajstić information content (AvgIpc) is 3.02. The van der Waals surface area contributed by atoms with Crippen LogP contribution in [0.1, 0.15) is 67.4 Å². The van der Waals surface area contributed by atoms with Gasteiger partial charge >= 0.3 is 11.9 Å². The van der Waals surface area contributed by atoms with Crippen molar-refractivity contribution in [2.75, 3.05) is 25.3 Å². The van der Waals surface area contributed by atoms with Crippen LogP contribution in [0.3, 0.4) is 0 Å². The molecule has 0 amide bonds. The molecule has 5 atom stereocenters. The molecule has 3 aliphatic carbocycles. The summed E-state index contributed by atoms with van der Waals surface area (Å²) in [5.74, 6) is -8.12. The number of ether oxygens (including phenoxy) is 2. The molecule has 0 spiro atoms. The van der Waals surface area contributed by atoms with Crippen molar-refractivity contribution in [3.05, 3.63) is 92.7 Å². The lowest BCUT2D eigenvalue weighted by Crippen LogP contribution is -2.70. The molecule has 0 saturated carbocycles. The van der Waals surface area contributed by atoms with Gasteiger partial charge in [-0.2, -0.15) is 0 Å². The third-order valence-electron chi connectivity index (χ3n) is 9.84. The molecule has 0 fully saturated rings. The number of aliphatic hydroxyl groups is 1. The molecule has 13 heteroatoms. The van der Waals surface area contributed by atoms with Crippen LogP contribution in [0.25, 0.3) is 0 Å². The lowest BCUT2D eigenvalue weighted by molar-refractivity contribution is -0.140. The topological polar surface area (TPSA) is 200 Å². The zero-order chi connectivity index (χ0) is 33.0. The third kappa shape index (κ3) is 3.33. The first-order chi connectivity index (χ1) is 21.9. The van der Waals surface area contributed by atoms with Crippen LogP contribution in [-0.2, 0) is 23.8 Å². The number of allylic oxidation sites excluding steroid dienone is 1. The molecule has 236 valence electrons. The van der Waals surface area contributed by atoms with Gasteiger partial charge in [-0.05, 0) is 34.9 Å². The summed E-state index contributed by atoms with van der Waals surface area (Å²) in [6.45, 7) is 1.53. The van der Waals surface area contributed by atoms with Gasteiger partial charge in [0.05, 0.1) is 70.2 Å². The predicted molar refractivity (Wildman–Crippen MR) is 162 cm³/mol. The van der Waals surface area contributed by atoms with E-state index in [4.69, 9.17) is 9.47 Å². The van der Waals surface area contributed by atoms with Gasteiger partial charge < -0.3 is 40.3 Å². The maximum absolute atomic E-state index is 14.3. The Kier molecular flexibility index (Phi) is 6.29. The smallest absolute Gasteiger partial charge is 0.335 e. The summed E-state index contributed by atoms with van der Waals surface area (Å²) in [7, 11) is 2.51. The van der Waals surface area contributed by atoms with Crippen LogP contribution in [0.2, 0.25) is 0 Å². The molecule has 4 aliphatic rings. The first-order valence-electron chi connectivity index (χ1n) is 14.2. The van der Waals surface area contributed by atoms with Crippen molar-refractivity contribution in [2.24, 2.45) is 5.92 Å². The Bertz CT molecular complexity index is 1990. The normalized spacial score (nSPS) is 26.7. The van der Waals surface area contributed by atoms with E-state index in [-0.39, 0.29) is 33.9 Å². The van der Waals surface area contributed by atoms with E-state index < -0.39 is 85.7 Å². The molecule has 3 aromatic carbocycles. The molecular formula is C33H27NO11S. The van der Waals surface area contributed by atoms with Crippen LogP contribution in [0.4, 0.5) is 5.69 Å². The summed E-state index contributed by atoms with van der Waals surface area (Å²) < 4.78 is 9.06. The number of carbonyl (C=O) groups excluding carboxylic acids is 3. The monoisotopic (exact) mass is 645 g/mol. The number of benzene rings is 3. The Morgan fingerprint density at radius 2 is 1.50 bits per heavy atom. The van der Waals surface area contributed by atoms with Gasteiger partial charge in [0.2, 0.25) is 11.6 Å². The van der Waals surface area contributed by atoms with E-state index in [0.717, 1.165) is 23.9 Å². The minimum Gasteiger partial charge on any atom is -0.507 e. The van der Waals surface area contributed by atoms with Crippen LogP contribution >= 0.6 is 11.8 Å². The van der Waals surface area contributed by atoms with Crippen molar-refractivity contribution in [1.29, 1.82) is 0 Å². The zero-order valence-corrected chi connectivity index (χ0v) is 25.4. The number of thioether (sulfide) groups is 1. The predicted octanol–water partition coefficient (Wildman–Crippen LogP) is 3.31. The van der Waals surface area contributed by atoms with Crippen molar-refractivity contribution < 1.29 is 54.2 Å². The summed E-state index contributed by atoms with van der Waals surface area (Å²) >= 11 is 0.951. The first kappa shape index (κ1) is 29.7. The molecule has 4 bridgehead atoms. The van der Waals surface area contributed by atoms with Gasteiger partial charge in [0.1, 0.15) is 28.6 Å². The number of hydrogen-bond donors (Lipinski definition) is 6. The second-order valence-corrected chi connectivity index (χ2v) is 12.9. The number of carboxylic acid groups (broad SMARTS) is 1. The van der Waals surface area contributed by atoms with Gasteiger partial charge in [-0.15, -0.1) is 11.8 Å². The van der Waals surface area contributed by atoms with Crippen molar-refractivity contribution in [2.45, 2.75) is 29.2 Å². The second kappa shape index (κ2) is 9.74. The van der Waals surface area contributed by atoms with E-state index in [0.29, 0.717) is 11.1 Å². The summed E-state index contributed by atoms with van der Waals surface area (Å²) in [5, 5.41) is 59.6. The van der Waals surface area contributed by atoms with Crippen LogP contribution < -0.4 is 5.32 Å². The van der Waals surface area contributed by atoms with Crippen molar-refractivity contribution >= 4 is 41.0 Å². The number of fused-ring (bicyclic) bond motifs is 7. The number of ketones is 2. The van der Waals surface area contributed by atoms with Gasteiger partial charge in [0.25, 0.3) is 0 Å². The summed E-state index contributed by atoms with van der Waals surface area (Å²) in [5.41, 5.74) is -2.63. The minimum atomic E-state index is -2.05. The summed E-state index contributed by atoms with van der Waals surface area (Å²) in [4.78, 5) is 53.6. The highest BCUT2D eigenvalue weighted by Gasteiger charge is 2.74. The molecule has 0 saturated heterocycles. The Hall–Kier alpha value is -5.01. The van der Waals surface area contributed by atoms with E-state index in [2.05, 4.69) is 5.32 Å². The van der Waals surface area contributed by atoms with E-state index in [1.807, 2.05) is 0 Å². The maximum atomic E-state index is 14.3. The fraction of sp³-hybridized carbons (Fsp3) is 0.273. The number of carboxylic acids is 1. The van der Waals surface area contributed by atoms with Crippen LogP contribution in [0.5, 0.6) is 17.2 Å². The number of nitrogens with one attached hydrogen (secondary N) is 1. The first-order valence-corrected chi connectivity index (χ1v) is 15.2. The van der Waals surface area contributed by atoms with Gasteiger partial charge in [0, 0.05) is 5.92 Å². The molecule has 6 N–H and O–H groups in total. The SMILES string of the molecule is COC(=O)CS[C@@]12c3cc(O)c4c(c3N[C@H]3c5ccccc5[C@H]1C(OC)=C(C(=O)O)[C@H](C)[C@@]32O)C(=O)c1c(O)ccc(O)c1C4=O. The number of phenolic OH excluding ortho intramolecular Hbond substituents is 3. The molecule has 0 aromatic heterocycles. The summed E-state index contributed by atoms with van der Waals surface area (Å²) in [6, 6.07) is 9.22. The second-order valence-electron chi connectivity index (χ2n) is 11.7. The van der Waals surface area contributed by atoms with Gasteiger partial charge in [-0.25, -0.2) is 4.79 Å². The molecular weight excluding hydrogens is 618 g/mol. The number of methoxy groups -OCH3 is 2. The van der Waals surface area contributed by atoms with Gasteiger partial charge in [0.15, 0.2) is 0 Å². The Morgan fingerprint density at radius 1 is 0.913 bits per heavy atom.